The van der Waals surface area contributed by atoms with Crippen LogP contribution in [0.5, 0.6) is 0 Å². The Balaban J connectivity index is 3.35. The summed E-state index contributed by atoms with van der Waals surface area (Å²) >= 11 is 0. The van der Waals surface area contributed by atoms with Crippen LogP contribution in [0.3, 0.4) is 0 Å². The summed E-state index contributed by atoms with van der Waals surface area (Å²) in [5, 5.41) is 3.01. The lowest BCUT2D eigenvalue weighted by molar-refractivity contribution is 0.156. The lowest BCUT2D eigenvalue weighted by Gasteiger charge is -1.98. The Morgan fingerprint density at radius 1 is 1.75 bits per heavy atom. The van der Waals surface area contributed by atoms with Gasteiger partial charge in [0.05, 0.1) is 6.10 Å². The molecule has 0 aromatic heterocycles. The Morgan fingerprint density at radius 2 is 2.38 bits per heavy atom. The monoisotopic (exact) mass is 114 g/mol. The molecule has 0 rings (SSSR count). The summed E-state index contributed by atoms with van der Waals surface area (Å²) < 4.78 is 4.82. The number of hydrogen-bond donors (Lipinski definition) is 1. The molecule has 46 valence electrons. The van der Waals surface area contributed by atoms with Gasteiger partial charge in [-0.3, -0.25) is 0 Å². The summed E-state index contributed by atoms with van der Waals surface area (Å²) in [5.41, 5.74) is 6.35. The smallest absolute Gasteiger partial charge is 0.0742 e. The molecule has 0 bridgehead atoms. The SMILES string of the molecule is COC(C)/C=C\N=N. The summed E-state index contributed by atoms with van der Waals surface area (Å²) in [5.74, 6) is 0. The average Bonchev–Trinajstić information content (AvgIpc) is 1.83. The zero-order valence-electron chi connectivity index (χ0n) is 5.09. The van der Waals surface area contributed by atoms with E-state index < -0.39 is 0 Å². The van der Waals surface area contributed by atoms with Gasteiger partial charge in [-0.1, -0.05) is 0 Å². The fraction of sp³-hybridized carbons (Fsp3) is 0.600. The van der Waals surface area contributed by atoms with E-state index in [9.17, 15) is 0 Å². The van der Waals surface area contributed by atoms with Crippen LogP contribution in [0.4, 0.5) is 0 Å². The Kier molecular flexibility index (Phi) is 4.07. The first-order chi connectivity index (χ1) is 3.81. The molecular weight excluding hydrogens is 104 g/mol. The molecule has 0 saturated heterocycles. The normalized spacial score (nSPS) is 14.2. The van der Waals surface area contributed by atoms with E-state index in [1.165, 1.54) is 6.20 Å². The number of hydrogen-bond acceptors (Lipinski definition) is 3. The van der Waals surface area contributed by atoms with Gasteiger partial charge in [0.2, 0.25) is 0 Å². The molecule has 3 heteroatoms. The van der Waals surface area contributed by atoms with Crippen molar-refractivity contribution in [2.24, 2.45) is 5.11 Å². The fourth-order valence-electron chi connectivity index (χ4n) is 0.243. The van der Waals surface area contributed by atoms with Gasteiger partial charge in [0.1, 0.15) is 0 Å². The summed E-state index contributed by atoms with van der Waals surface area (Å²) in [6.45, 7) is 1.88. The second kappa shape index (κ2) is 4.46. The third kappa shape index (κ3) is 3.49. The van der Waals surface area contributed by atoms with Gasteiger partial charge in [0.15, 0.2) is 0 Å². The molecule has 1 N–H and O–H groups in total. The highest BCUT2D eigenvalue weighted by Gasteiger charge is 1.86. The first kappa shape index (κ1) is 7.30. The topological polar surface area (TPSA) is 45.4 Å². The molecule has 0 aromatic carbocycles. The minimum absolute atomic E-state index is 0.0594. The van der Waals surface area contributed by atoms with Crippen molar-refractivity contribution in [3.05, 3.63) is 12.3 Å². The third-order valence-corrected chi connectivity index (χ3v) is 0.803. The highest BCUT2D eigenvalue weighted by Crippen LogP contribution is 1.88. The number of nitrogens with zero attached hydrogens (tertiary/aromatic N) is 1. The minimum Gasteiger partial charge on any atom is -0.378 e. The van der Waals surface area contributed by atoms with Gasteiger partial charge >= 0.3 is 0 Å². The van der Waals surface area contributed by atoms with Crippen molar-refractivity contribution in [3.8, 4) is 0 Å². The maximum absolute atomic E-state index is 6.35. The van der Waals surface area contributed by atoms with E-state index in [4.69, 9.17) is 10.3 Å². The van der Waals surface area contributed by atoms with Crippen molar-refractivity contribution in [1.29, 1.82) is 5.53 Å². The molecule has 0 radical (unpaired) electrons. The van der Waals surface area contributed by atoms with Crippen LogP contribution < -0.4 is 0 Å². The molecule has 0 fully saturated rings. The van der Waals surface area contributed by atoms with Gasteiger partial charge in [-0.25, -0.2) is 5.53 Å². The fourth-order valence-corrected chi connectivity index (χ4v) is 0.243. The lowest BCUT2D eigenvalue weighted by Crippen LogP contribution is -1.97. The van der Waals surface area contributed by atoms with Crippen LogP contribution in [-0.4, -0.2) is 13.2 Å². The first-order valence-corrected chi connectivity index (χ1v) is 2.37. The standard InChI is InChI=1S/C5H10N2O/c1-5(8-2)3-4-7-6/h3-6H,1-2H3/b4-3-,7-6?. The molecule has 1 atom stereocenters. The number of ether oxygens (including phenoxy) is 1. The average molecular weight is 114 g/mol. The lowest BCUT2D eigenvalue weighted by atomic mass is 10.4. The van der Waals surface area contributed by atoms with Crippen molar-refractivity contribution >= 4 is 0 Å². The molecule has 1 unspecified atom stereocenters. The van der Waals surface area contributed by atoms with E-state index in [2.05, 4.69) is 5.11 Å². The second-order valence-electron chi connectivity index (χ2n) is 1.41. The van der Waals surface area contributed by atoms with Gasteiger partial charge in [0.25, 0.3) is 0 Å². The molecule has 0 aliphatic heterocycles. The van der Waals surface area contributed by atoms with Crippen LogP contribution in [0.1, 0.15) is 6.92 Å². The molecule has 0 aliphatic rings. The van der Waals surface area contributed by atoms with Crippen molar-refractivity contribution < 1.29 is 4.74 Å². The van der Waals surface area contributed by atoms with E-state index >= 15 is 0 Å². The molecule has 0 aromatic rings. The van der Waals surface area contributed by atoms with Crippen molar-refractivity contribution in [2.45, 2.75) is 13.0 Å². The summed E-state index contributed by atoms with van der Waals surface area (Å²) in [6.07, 6.45) is 3.16. The van der Waals surface area contributed by atoms with Crippen LogP contribution in [0, 0.1) is 5.53 Å². The van der Waals surface area contributed by atoms with Gasteiger partial charge in [-0.15, -0.1) is 0 Å². The highest BCUT2D eigenvalue weighted by molar-refractivity contribution is 4.83. The first-order valence-electron chi connectivity index (χ1n) is 2.37. The van der Waals surface area contributed by atoms with E-state index in [-0.39, 0.29) is 6.10 Å². The minimum atomic E-state index is 0.0594. The number of nitrogens with one attached hydrogen (secondary N) is 1. The third-order valence-electron chi connectivity index (χ3n) is 0.803. The Morgan fingerprint density at radius 3 is 2.75 bits per heavy atom. The van der Waals surface area contributed by atoms with Crippen LogP contribution in [-0.2, 0) is 4.74 Å². The molecule has 0 heterocycles. The quantitative estimate of drug-likeness (QED) is 0.556. The molecule has 0 saturated carbocycles. The maximum atomic E-state index is 6.35. The van der Waals surface area contributed by atoms with E-state index in [1.807, 2.05) is 6.92 Å². The Bertz CT molecular complexity index is 90.4. The van der Waals surface area contributed by atoms with Gasteiger partial charge in [0, 0.05) is 13.3 Å². The number of methoxy groups -OCH3 is 1. The molecule has 0 spiro atoms. The van der Waals surface area contributed by atoms with Crippen molar-refractivity contribution in [1.82, 2.24) is 0 Å². The van der Waals surface area contributed by atoms with Crippen LogP contribution in [0.25, 0.3) is 0 Å². The highest BCUT2D eigenvalue weighted by atomic mass is 16.5. The maximum Gasteiger partial charge on any atom is 0.0742 e. The van der Waals surface area contributed by atoms with Crippen LogP contribution in [0.15, 0.2) is 17.4 Å². The Hall–Kier alpha value is -0.700. The summed E-state index contributed by atoms with van der Waals surface area (Å²) in [6, 6.07) is 0. The molecule has 0 aliphatic carbocycles. The summed E-state index contributed by atoms with van der Waals surface area (Å²) in [4.78, 5) is 0. The predicted octanol–water partition coefficient (Wildman–Crippen LogP) is 1.57. The largest absolute Gasteiger partial charge is 0.378 e. The Labute approximate surface area is 48.9 Å². The molecule has 3 nitrogen and oxygen atoms in total. The van der Waals surface area contributed by atoms with E-state index in [0.717, 1.165) is 0 Å². The van der Waals surface area contributed by atoms with E-state index in [1.54, 1.807) is 13.2 Å². The van der Waals surface area contributed by atoms with E-state index in [0.29, 0.717) is 0 Å². The molecular formula is C5H10N2O. The molecule has 0 amide bonds. The zero-order valence-corrected chi connectivity index (χ0v) is 5.09. The van der Waals surface area contributed by atoms with Crippen molar-refractivity contribution in [2.75, 3.05) is 7.11 Å². The van der Waals surface area contributed by atoms with Crippen LogP contribution in [0.2, 0.25) is 0 Å². The molecule has 8 heavy (non-hydrogen) atoms. The zero-order chi connectivity index (χ0) is 6.41. The summed E-state index contributed by atoms with van der Waals surface area (Å²) in [7, 11) is 1.61. The predicted molar refractivity (Wildman–Crippen MR) is 30.8 cm³/mol. The van der Waals surface area contributed by atoms with Gasteiger partial charge in [-0.2, -0.15) is 5.11 Å². The van der Waals surface area contributed by atoms with Gasteiger partial charge in [-0.05, 0) is 13.0 Å². The van der Waals surface area contributed by atoms with Gasteiger partial charge < -0.3 is 4.74 Å². The second-order valence-corrected chi connectivity index (χ2v) is 1.41. The van der Waals surface area contributed by atoms with Crippen molar-refractivity contribution in [3.63, 3.8) is 0 Å². The van der Waals surface area contributed by atoms with Crippen LogP contribution >= 0.6 is 0 Å². The number of rotatable bonds is 3.